The zero-order valence-corrected chi connectivity index (χ0v) is 7.34. The average molecular weight is 168 g/mol. The molecule has 60 valence electrons. The van der Waals surface area contributed by atoms with Crippen molar-refractivity contribution in [2.45, 2.75) is 17.1 Å². The first kappa shape index (κ1) is 8.62. The molecule has 0 fully saturated rings. The first-order valence-electron chi connectivity index (χ1n) is 3.65. The van der Waals surface area contributed by atoms with Crippen LogP contribution in [0.15, 0.2) is 35.2 Å². The number of hydrogen-bond donors (Lipinski definition) is 1. The first-order chi connectivity index (χ1) is 5.33. The van der Waals surface area contributed by atoms with Gasteiger partial charge in [0.1, 0.15) is 0 Å². The van der Waals surface area contributed by atoms with E-state index in [1.807, 2.05) is 25.1 Å². The number of aliphatic hydroxyl groups excluding tert-OH is 1. The van der Waals surface area contributed by atoms with E-state index in [1.165, 1.54) is 4.90 Å². The number of hydrogen-bond acceptors (Lipinski definition) is 2. The van der Waals surface area contributed by atoms with Crippen LogP contribution in [-0.2, 0) is 0 Å². The van der Waals surface area contributed by atoms with Gasteiger partial charge in [-0.25, -0.2) is 0 Å². The molecule has 0 saturated heterocycles. The van der Waals surface area contributed by atoms with Crippen LogP contribution in [0.3, 0.4) is 0 Å². The maximum Gasteiger partial charge on any atom is 0.0550 e. The van der Waals surface area contributed by atoms with Crippen molar-refractivity contribution in [3.63, 3.8) is 0 Å². The number of benzene rings is 1. The van der Waals surface area contributed by atoms with E-state index < -0.39 is 0 Å². The summed E-state index contributed by atoms with van der Waals surface area (Å²) < 4.78 is 0. The van der Waals surface area contributed by atoms with E-state index >= 15 is 0 Å². The van der Waals surface area contributed by atoms with Gasteiger partial charge >= 0.3 is 0 Å². The second kappa shape index (κ2) is 4.42. The summed E-state index contributed by atoms with van der Waals surface area (Å²) in [6.07, 6.45) is 0. The molecule has 0 saturated carbocycles. The Morgan fingerprint density at radius 1 is 1.36 bits per heavy atom. The molecule has 0 aromatic heterocycles. The number of thioether (sulfide) groups is 1. The Hall–Kier alpha value is -0.470. The van der Waals surface area contributed by atoms with E-state index in [0.29, 0.717) is 0 Å². The van der Waals surface area contributed by atoms with E-state index in [-0.39, 0.29) is 11.9 Å². The van der Waals surface area contributed by atoms with Gasteiger partial charge in [0, 0.05) is 10.1 Å². The van der Waals surface area contributed by atoms with E-state index in [1.54, 1.807) is 11.8 Å². The largest absolute Gasteiger partial charge is 0.395 e. The third-order valence-corrected chi connectivity index (χ3v) is 2.43. The molecule has 0 spiro atoms. The summed E-state index contributed by atoms with van der Waals surface area (Å²) in [6, 6.07) is 10.1. The predicted octanol–water partition coefficient (Wildman–Crippen LogP) is 2.16. The van der Waals surface area contributed by atoms with Crippen LogP contribution in [0, 0.1) is 0 Å². The quantitative estimate of drug-likeness (QED) is 0.698. The Morgan fingerprint density at radius 3 is 2.55 bits per heavy atom. The molecule has 0 aliphatic heterocycles. The molecule has 1 aromatic carbocycles. The lowest BCUT2D eigenvalue weighted by Gasteiger charge is -2.05. The van der Waals surface area contributed by atoms with Crippen LogP contribution in [0.4, 0.5) is 0 Å². The highest BCUT2D eigenvalue weighted by Gasteiger charge is 2.00. The molecular formula is C9H12OS. The Kier molecular flexibility index (Phi) is 3.46. The van der Waals surface area contributed by atoms with E-state index in [9.17, 15) is 0 Å². The van der Waals surface area contributed by atoms with Crippen molar-refractivity contribution >= 4 is 11.8 Å². The van der Waals surface area contributed by atoms with Crippen molar-refractivity contribution in [2.24, 2.45) is 0 Å². The lowest BCUT2D eigenvalue weighted by molar-refractivity contribution is 0.300. The monoisotopic (exact) mass is 168 g/mol. The fraction of sp³-hybridized carbons (Fsp3) is 0.333. The fourth-order valence-corrected chi connectivity index (χ4v) is 1.62. The molecule has 0 heterocycles. The van der Waals surface area contributed by atoms with Crippen LogP contribution in [0.5, 0.6) is 0 Å². The molecule has 1 nitrogen and oxygen atoms in total. The second-order valence-corrected chi connectivity index (χ2v) is 3.94. The zero-order valence-electron chi connectivity index (χ0n) is 6.53. The molecular weight excluding hydrogens is 156 g/mol. The van der Waals surface area contributed by atoms with Gasteiger partial charge < -0.3 is 5.11 Å². The maximum absolute atomic E-state index is 8.78. The normalized spacial score (nSPS) is 12.9. The molecule has 2 heteroatoms. The van der Waals surface area contributed by atoms with Gasteiger partial charge in [-0.05, 0) is 12.1 Å². The van der Waals surface area contributed by atoms with Crippen LogP contribution < -0.4 is 0 Å². The fourth-order valence-electron chi connectivity index (χ4n) is 0.769. The summed E-state index contributed by atoms with van der Waals surface area (Å²) in [5.41, 5.74) is 0. The van der Waals surface area contributed by atoms with Gasteiger partial charge in [-0.2, -0.15) is 0 Å². The second-order valence-electron chi connectivity index (χ2n) is 2.42. The van der Waals surface area contributed by atoms with Crippen molar-refractivity contribution in [1.29, 1.82) is 0 Å². The van der Waals surface area contributed by atoms with Gasteiger partial charge in [0.25, 0.3) is 0 Å². The Bertz CT molecular complexity index is 198. The van der Waals surface area contributed by atoms with Gasteiger partial charge in [0.2, 0.25) is 0 Å². The van der Waals surface area contributed by atoms with Gasteiger partial charge in [0.15, 0.2) is 0 Å². The van der Waals surface area contributed by atoms with Crippen molar-refractivity contribution in [3.05, 3.63) is 30.3 Å². The topological polar surface area (TPSA) is 20.2 Å². The minimum atomic E-state index is 0.236. The van der Waals surface area contributed by atoms with Crippen molar-refractivity contribution in [1.82, 2.24) is 0 Å². The third kappa shape index (κ3) is 2.95. The molecule has 11 heavy (non-hydrogen) atoms. The average Bonchev–Trinajstić information content (AvgIpc) is 2.06. The highest BCUT2D eigenvalue weighted by molar-refractivity contribution is 8.00. The maximum atomic E-state index is 8.78. The predicted molar refractivity (Wildman–Crippen MR) is 48.8 cm³/mol. The highest BCUT2D eigenvalue weighted by atomic mass is 32.2. The lowest BCUT2D eigenvalue weighted by Crippen LogP contribution is -2.00. The minimum absolute atomic E-state index is 0.236. The van der Waals surface area contributed by atoms with E-state index in [4.69, 9.17) is 5.11 Å². The standard InChI is InChI=1S/C9H12OS/c1-8(7-10)11-9-5-3-2-4-6-9/h2-6,8,10H,7H2,1H3. The molecule has 1 aromatic rings. The van der Waals surface area contributed by atoms with Crippen molar-refractivity contribution < 1.29 is 5.11 Å². The van der Waals surface area contributed by atoms with Gasteiger partial charge in [-0.1, -0.05) is 25.1 Å². The van der Waals surface area contributed by atoms with Gasteiger partial charge in [0.05, 0.1) is 6.61 Å². The molecule has 0 radical (unpaired) electrons. The molecule has 1 unspecified atom stereocenters. The van der Waals surface area contributed by atoms with Crippen LogP contribution in [-0.4, -0.2) is 17.0 Å². The summed E-state index contributed by atoms with van der Waals surface area (Å²) in [5.74, 6) is 0. The molecule has 0 bridgehead atoms. The van der Waals surface area contributed by atoms with Gasteiger partial charge in [-0.3, -0.25) is 0 Å². The van der Waals surface area contributed by atoms with Crippen LogP contribution in [0.1, 0.15) is 6.92 Å². The number of rotatable bonds is 3. The molecule has 1 atom stereocenters. The molecule has 1 rings (SSSR count). The molecule has 0 aliphatic rings. The SMILES string of the molecule is CC(CO)Sc1ccccc1. The van der Waals surface area contributed by atoms with E-state index in [2.05, 4.69) is 12.1 Å². The minimum Gasteiger partial charge on any atom is -0.395 e. The highest BCUT2D eigenvalue weighted by Crippen LogP contribution is 2.21. The van der Waals surface area contributed by atoms with Crippen molar-refractivity contribution in [3.8, 4) is 0 Å². The van der Waals surface area contributed by atoms with Gasteiger partial charge in [-0.15, -0.1) is 11.8 Å². The smallest absolute Gasteiger partial charge is 0.0550 e. The number of aliphatic hydroxyl groups is 1. The molecule has 0 amide bonds. The first-order valence-corrected chi connectivity index (χ1v) is 4.53. The zero-order chi connectivity index (χ0) is 8.10. The van der Waals surface area contributed by atoms with E-state index in [0.717, 1.165) is 0 Å². The Morgan fingerprint density at radius 2 is 2.00 bits per heavy atom. The summed E-state index contributed by atoms with van der Waals surface area (Å²) in [6.45, 7) is 2.25. The summed E-state index contributed by atoms with van der Waals surface area (Å²) >= 11 is 1.69. The van der Waals surface area contributed by atoms with Crippen LogP contribution in [0.2, 0.25) is 0 Å². The molecule has 0 aliphatic carbocycles. The van der Waals surface area contributed by atoms with Crippen molar-refractivity contribution in [2.75, 3.05) is 6.61 Å². The lowest BCUT2D eigenvalue weighted by atomic mass is 10.4. The summed E-state index contributed by atoms with van der Waals surface area (Å²) in [7, 11) is 0. The molecule has 1 N–H and O–H groups in total. The Labute approximate surface area is 71.4 Å². The third-order valence-electron chi connectivity index (χ3n) is 1.34. The summed E-state index contributed by atoms with van der Waals surface area (Å²) in [4.78, 5) is 1.22. The van der Waals surface area contributed by atoms with Crippen LogP contribution in [0.25, 0.3) is 0 Å². The summed E-state index contributed by atoms with van der Waals surface area (Å²) in [5, 5.41) is 9.06. The van der Waals surface area contributed by atoms with Crippen LogP contribution >= 0.6 is 11.8 Å². The Balaban J connectivity index is 2.51.